The summed E-state index contributed by atoms with van der Waals surface area (Å²) < 4.78 is 6.62. The van der Waals surface area contributed by atoms with E-state index in [2.05, 4.69) is 69.2 Å². The van der Waals surface area contributed by atoms with Crippen molar-refractivity contribution in [1.29, 1.82) is 0 Å². The van der Waals surface area contributed by atoms with E-state index in [4.69, 9.17) is 4.43 Å². The van der Waals surface area contributed by atoms with Crippen LogP contribution in [0.4, 0.5) is 0 Å². The normalized spacial score (nSPS) is 20.8. The zero-order valence-corrected chi connectivity index (χ0v) is 20.3. The van der Waals surface area contributed by atoms with Gasteiger partial charge in [0.1, 0.15) is 7.22 Å². The molecule has 0 spiro atoms. The zero-order chi connectivity index (χ0) is 18.4. The van der Waals surface area contributed by atoms with Gasteiger partial charge in [0.15, 0.2) is 5.88 Å². The van der Waals surface area contributed by atoms with Crippen molar-refractivity contribution in [2.24, 2.45) is 0 Å². The predicted octanol–water partition coefficient (Wildman–Crippen LogP) is 6.68. The maximum atomic E-state index is 6.62. The quantitative estimate of drug-likeness (QED) is 0.323. The van der Waals surface area contributed by atoms with Crippen LogP contribution in [0.3, 0.4) is 0 Å². The highest BCUT2D eigenvalue weighted by molar-refractivity contribution is 8.28. The summed E-state index contributed by atoms with van der Waals surface area (Å²) in [7, 11) is -2.59. The van der Waals surface area contributed by atoms with Gasteiger partial charge in [0, 0.05) is 12.6 Å². The van der Waals surface area contributed by atoms with Crippen molar-refractivity contribution in [3.8, 4) is 0 Å². The SMILES string of the molecule is CCC/C(C)=C(\O[Si](C)(C)C)N1CCCC[C@H]1CCS[Si](C)(C)C. The van der Waals surface area contributed by atoms with Gasteiger partial charge in [0.05, 0.1) is 0 Å². The molecule has 1 saturated heterocycles. The molecule has 0 aromatic heterocycles. The number of hydrogen-bond donors (Lipinski definition) is 0. The Labute approximate surface area is 157 Å². The number of allylic oxidation sites excluding steroid dienone is 1. The van der Waals surface area contributed by atoms with Crippen molar-refractivity contribution >= 4 is 26.8 Å². The van der Waals surface area contributed by atoms with Crippen LogP contribution in [0.25, 0.3) is 0 Å². The van der Waals surface area contributed by atoms with Crippen molar-refractivity contribution in [3.63, 3.8) is 0 Å². The van der Waals surface area contributed by atoms with Crippen LogP contribution in [0.5, 0.6) is 0 Å². The maximum Gasteiger partial charge on any atom is 0.244 e. The molecule has 1 fully saturated rings. The van der Waals surface area contributed by atoms with Crippen LogP contribution >= 0.6 is 11.2 Å². The molecule has 0 saturated carbocycles. The smallest absolute Gasteiger partial charge is 0.244 e. The molecule has 0 unspecified atom stereocenters. The standard InChI is InChI=1S/C19H41NOSSi2/c1-9-12-17(2)19(21-23(3,4)5)20-15-11-10-13-18(20)14-16-22-24(6,7)8/h18H,9-16H2,1-8H3/b19-17-/t18-/m0/s1. The Morgan fingerprint density at radius 3 is 2.33 bits per heavy atom. The summed E-state index contributed by atoms with van der Waals surface area (Å²) in [4.78, 5) is 2.65. The minimum atomic E-state index is -1.58. The largest absolute Gasteiger partial charge is 0.533 e. The lowest BCUT2D eigenvalue weighted by Gasteiger charge is -2.42. The molecule has 1 atom stereocenters. The molecule has 0 radical (unpaired) electrons. The Hall–Kier alpha value is 0.124. The third-order valence-corrected chi connectivity index (χ3v) is 9.59. The van der Waals surface area contributed by atoms with Gasteiger partial charge in [-0.1, -0.05) is 33.0 Å². The van der Waals surface area contributed by atoms with Gasteiger partial charge in [0.25, 0.3) is 0 Å². The van der Waals surface area contributed by atoms with Crippen molar-refractivity contribution in [1.82, 2.24) is 4.90 Å². The van der Waals surface area contributed by atoms with Crippen LogP contribution in [0.1, 0.15) is 52.4 Å². The average molecular weight is 388 g/mol. The first-order valence-corrected chi connectivity index (χ1v) is 18.4. The van der Waals surface area contributed by atoms with Crippen molar-refractivity contribution in [2.45, 2.75) is 97.7 Å². The molecule has 1 rings (SSSR count). The predicted molar refractivity (Wildman–Crippen MR) is 117 cm³/mol. The van der Waals surface area contributed by atoms with Gasteiger partial charge >= 0.3 is 0 Å². The number of piperidine rings is 1. The molecule has 0 N–H and O–H groups in total. The van der Waals surface area contributed by atoms with Crippen LogP contribution in [0.15, 0.2) is 11.5 Å². The summed E-state index contributed by atoms with van der Waals surface area (Å²) in [5.41, 5.74) is 1.46. The fraction of sp³-hybridized carbons (Fsp3) is 0.895. The van der Waals surface area contributed by atoms with E-state index in [1.807, 2.05) is 0 Å². The fourth-order valence-corrected chi connectivity index (χ4v) is 7.30. The van der Waals surface area contributed by atoms with E-state index in [1.54, 1.807) is 0 Å². The Balaban J connectivity index is 2.89. The number of hydrogen-bond acceptors (Lipinski definition) is 3. The Morgan fingerprint density at radius 1 is 1.12 bits per heavy atom. The summed E-state index contributed by atoms with van der Waals surface area (Å²) >= 11 is 2.24. The summed E-state index contributed by atoms with van der Waals surface area (Å²) in [5.74, 6) is 2.56. The maximum absolute atomic E-state index is 6.62. The molecule has 142 valence electrons. The van der Waals surface area contributed by atoms with E-state index in [1.165, 1.54) is 55.9 Å². The van der Waals surface area contributed by atoms with Crippen LogP contribution < -0.4 is 0 Å². The summed E-state index contributed by atoms with van der Waals surface area (Å²) in [6.45, 7) is 20.1. The minimum Gasteiger partial charge on any atom is -0.533 e. The van der Waals surface area contributed by atoms with Crippen LogP contribution in [-0.4, -0.2) is 38.8 Å². The van der Waals surface area contributed by atoms with E-state index in [9.17, 15) is 0 Å². The molecular weight excluding hydrogens is 346 g/mol. The molecular formula is C19H41NOSSi2. The highest BCUT2D eigenvalue weighted by Gasteiger charge is 2.30. The number of nitrogens with zero attached hydrogens (tertiary/aromatic N) is 1. The van der Waals surface area contributed by atoms with Gasteiger partial charge in [-0.05, 0) is 70.0 Å². The minimum absolute atomic E-state index is 0.681. The highest BCUT2D eigenvalue weighted by Crippen LogP contribution is 2.31. The first-order chi connectivity index (χ1) is 11.0. The van der Waals surface area contributed by atoms with Gasteiger partial charge in [-0.2, -0.15) is 11.2 Å². The summed E-state index contributed by atoms with van der Waals surface area (Å²) in [6, 6.07) is 0.681. The lowest BCUT2D eigenvalue weighted by Crippen LogP contribution is -2.43. The van der Waals surface area contributed by atoms with Gasteiger partial charge in [-0.15, -0.1) is 0 Å². The van der Waals surface area contributed by atoms with E-state index in [0.29, 0.717) is 6.04 Å². The monoisotopic (exact) mass is 387 g/mol. The second-order valence-corrected chi connectivity index (χ2v) is 23.0. The molecule has 0 aromatic rings. The molecule has 0 aliphatic carbocycles. The second kappa shape index (κ2) is 9.72. The Kier molecular flexibility index (Phi) is 8.98. The first kappa shape index (κ1) is 22.2. The molecule has 1 aliphatic rings. The highest BCUT2D eigenvalue weighted by atomic mass is 32.4. The first-order valence-electron chi connectivity index (χ1n) is 9.83. The van der Waals surface area contributed by atoms with Crippen LogP contribution in [0.2, 0.25) is 39.3 Å². The van der Waals surface area contributed by atoms with Crippen LogP contribution in [0, 0.1) is 0 Å². The molecule has 0 aromatic carbocycles. The van der Waals surface area contributed by atoms with Gasteiger partial charge in [-0.3, -0.25) is 0 Å². The van der Waals surface area contributed by atoms with E-state index >= 15 is 0 Å². The molecule has 0 bridgehead atoms. The van der Waals surface area contributed by atoms with Gasteiger partial charge in [0.2, 0.25) is 8.32 Å². The molecule has 0 amide bonds. The Morgan fingerprint density at radius 2 is 1.79 bits per heavy atom. The summed E-state index contributed by atoms with van der Waals surface area (Å²) in [6.07, 6.45) is 7.71. The van der Waals surface area contributed by atoms with Crippen molar-refractivity contribution in [3.05, 3.63) is 11.5 Å². The van der Waals surface area contributed by atoms with E-state index < -0.39 is 15.5 Å². The number of rotatable bonds is 9. The molecule has 5 heteroatoms. The van der Waals surface area contributed by atoms with Crippen molar-refractivity contribution < 1.29 is 4.43 Å². The Bertz CT molecular complexity index is 413. The fourth-order valence-electron chi connectivity index (χ4n) is 3.23. The van der Waals surface area contributed by atoms with Crippen molar-refractivity contribution in [2.75, 3.05) is 12.3 Å². The van der Waals surface area contributed by atoms with Gasteiger partial charge in [-0.25, -0.2) is 0 Å². The van der Waals surface area contributed by atoms with Crippen LogP contribution in [-0.2, 0) is 4.43 Å². The molecule has 2 nitrogen and oxygen atoms in total. The lowest BCUT2D eigenvalue weighted by atomic mass is 9.99. The number of likely N-dealkylation sites (tertiary alicyclic amines) is 1. The molecule has 24 heavy (non-hydrogen) atoms. The van der Waals surface area contributed by atoms with Gasteiger partial charge < -0.3 is 9.33 Å². The topological polar surface area (TPSA) is 12.5 Å². The molecule has 1 aliphatic heterocycles. The lowest BCUT2D eigenvalue weighted by molar-refractivity contribution is 0.118. The average Bonchev–Trinajstić information content (AvgIpc) is 2.43. The van der Waals surface area contributed by atoms with E-state index in [-0.39, 0.29) is 0 Å². The molecule has 1 heterocycles. The summed E-state index contributed by atoms with van der Waals surface area (Å²) in [5, 5.41) is 0. The zero-order valence-electron chi connectivity index (χ0n) is 17.5. The second-order valence-electron chi connectivity index (χ2n) is 9.14. The third kappa shape index (κ3) is 8.48. The third-order valence-electron chi connectivity index (χ3n) is 4.27. The van der Waals surface area contributed by atoms with E-state index in [0.717, 1.165) is 6.42 Å².